The van der Waals surface area contributed by atoms with E-state index < -0.39 is 6.10 Å². The summed E-state index contributed by atoms with van der Waals surface area (Å²) in [4.78, 5) is 0. The van der Waals surface area contributed by atoms with E-state index in [1.54, 1.807) is 0 Å². The first kappa shape index (κ1) is 15.9. The van der Waals surface area contributed by atoms with Crippen molar-refractivity contribution in [2.24, 2.45) is 5.92 Å². The number of rotatable bonds is 8. The van der Waals surface area contributed by atoms with Crippen LogP contribution in [0.5, 0.6) is 0 Å². The van der Waals surface area contributed by atoms with Crippen LogP contribution in [-0.2, 0) is 6.42 Å². The van der Waals surface area contributed by atoms with Gasteiger partial charge in [0.05, 0.1) is 6.10 Å². The number of hydrogen-bond donors (Lipinski definition) is 2. The Labute approximate surface area is 117 Å². The van der Waals surface area contributed by atoms with E-state index in [9.17, 15) is 5.11 Å². The Kier molecular flexibility index (Phi) is 6.82. The molecule has 0 amide bonds. The molecule has 106 valence electrons. The zero-order chi connectivity index (χ0) is 14.3. The van der Waals surface area contributed by atoms with Gasteiger partial charge < -0.3 is 10.4 Å². The average Bonchev–Trinajstić information content (AvgIpc) is 2.39. The van der Waals surface area contributed by atoms with Crippen molar-refractivity contribution in [3.8, 4) is 0 Å². The van der Waals surface area contributed by atoms with Gasteiger partial charge in [0.25, 0.3) is 0 Å². The summed E-state index contributed by atoms with van der Waals surface area (Å²) < 4.78 is 0. The van der Waals surface area contributed by atoms with Gasteiger partial charge in [-0.2, -0.15) is 0 Å². The van der Waals surface area contributed by atoms with Crippen molar-refractivity contribution in [3.05, 3.63) is 48.0 Å². The van der Waals surface area contributed by atoms with Crippen LogP contribution in [0, 0.1) is 5.92 Å². The molecule has 1 aromatic rings. The van der Waals surface area contributed by atoms with Crippen LogP contribution in [0.4, 0.5) is 0 Å². The molecule has 0 aliphatic rings. The van der Waals surface area contributed by atoms with Crippen molar-refractivity contribution >= 4 is 0 Å². The maximum absolute atomic E-state index is 10.4. The Morgan fingerprint density at radius 2 is 1.89 bits per heavy atom. The van der Waals surface area contributed by atoms with Crippen molar-refractivity contribution in [2.75, 3.05) is 6.54 Å². The summed E-state index contributed by atoms with van der Waals surface area (Å²) in [5.74, 6) is 0.661. The van der Waals surface area contributed by atoms with E-state index in [0.29, 0.717) is 5.92 Å². The second-order valence-corrected chi connectivity index (χ2v) is 5.50. The molecule has 0 aromatic heterocycles. The van der Waals surface area contributed by atoms with Gasteiger partial charge in [-0.25, -0.2) is 0 Å². The van der Waals surface area contributed by atoms with Crippen molar-refractivity contribution in [2.45, 2.75) is 45.8 Å². The molecule has 0 spiro atoms. The second kappa shape index (κ2) is 8.13. The molecule has 0 bridgehead atoms. The molecule has 0 radical (unpaired) electrons. The van der Waals surface area contributed by atoms with Gasteiger partial charge in [0.1, 0.15) is 0 Å². The predicted octanol–water partition coefficient (Wildman–Crippen LogP) is 3.47. The van der Waals surface area contributed by atoms with Crippen LogP contribution in [-0.4, -0.2) is 17.7 Å². The Hall–Kier alpha value is -1.12. The summed E-state index contributed by atoms with van der Waals surface area (Å²) in [6.07, 6.45) is 3.34. The van der Waals surface area contributed by atoms with E-state index in [1.165, 1.54) is 5.56 Å². The molecular formula is C17H27NO. The Morgan fingerprint density at radius 3 is 2.37 bits per heavy atom. The van der Waals surface area contributed by atoms with E-state index >= 15 is 0 Å². The zero-order valence-corrected chi connectivity index (χ0v) is 12.4. The van der Waals surface area contributed by atoms with Crippen molar-refractivity contribution < 1.29 is 5.11 Å². The van der Waals surface area contributed by atoms with Crippen LogP contribution in [0.25, 0.3) is 0 Å². The SMILES string of the molecule is C=CCNC(CC)C(O)c1ccc(CC(C)C)cc1. The van der Waals surface area contributed by atoms with Gasteiger partial charge >= 0.3 is 0 Å². The maximum Gasteiger partial charge on any atom is 0.0942 e. The molecule has 2 atom stereocenters. The lowest BCUT2D eigenvalue weighted by Gasteiger charge is -2.23. The standard InChI is InChI=1S/C17H27NO/c1-5-11-18-16(6-2)17(19)15-9-7-14(8-10-15)12-13(3)4/h5,7-10,13,16-19H,1,6,11-12H2,2-4H3. The van der Waals surface area contributed by atoms with E-state index in [0.717, 1.165) is 24.9 Å². The van der Waals surface area contributed by atoms with E-state index in [4.69, 9.17) is 0 Å². The number of hydrogen-bond acceptors (Lipinski definition) is 2. The predicted molar refractivity (Wildman–Crippen MR) is 82.2 cm³/mol. The highest BCUT2D eigenvalue weighted by molar-refractivity contribution is 5.25. The Balaban J connectivity index is 2.69. The highest BCUT2D eigenvalue weighted by Crippen LogP contribution is 2.20. The first-order valence-corrected chi connectivity index (χ1v) is 7.19. The largest absolute Gasteiger partial charge is 0.387 e. The van der Waals surface area contributed by atoms with E-state index in [2.05, 4.69) is 44.8 Å². The summed E-state index contributed by atoms with van der Waals surface area (Å²) in [5.41, 5.74) is 2.31. The fourth-order valence-corrected chi connectivity index (χ4v) is 2.27. The van der Waals surface area contributed by atoms with Crippen molar-refractivity contribution in [1.29, 1.82) is 0 Å². The normalized spacial score (nSPS) is 14.4. The monoisotopic (exact) mass is 261 g/mol. The van der Waals surface area contributed by atoms with Crippen molar-refractivity contribution in [3.63, 3.8) is 0 Å². The molecule has 0 saturated heterocycles. The van der Waals surface area contributed by atoms with Crippen LogP contribution in [0.15, 0.2) is 36.9 Å². The fourth-order valence-electron chi connectivity index (χ4n) is 2.27. The molecule has 2 unspecified atom stereocenters. The maximum atomic E-state index is 10.4. The molecule has 2 N–H and O–H groups in total. The van der Waals surface area contributed by atoms with Gasteiger partial charge in [-0.3, -0.25) is 0 Å². The van der Waals surface area contributed by atoms with Gasteiger partial charge in [0, 0.05) is 12.6 Å². The number of aliphatic hydroxyl groups is 1. The molecule has 0 fully saturated rings. The molecule has 2 heteroatoms. The minimum absolute atomic E-state index is 0.0777. The molecule has 19 heavy (non-hydrogen) atoms. The third kappa shape index (κ3) is 5.17. The lowest BCUT2D eigenvalue weighted by atomic mass is 9.96. The molecule has 0 heterocycles. The summed E-state index contributed by atoms with van der Waals surface area (Å²) in [7, 11) is 0. The molecule has 0 saturated carbocycles. The zero-order valence-electron chi connectivity index (χ0n) is 12.4. The van der Waals surface area contributed by atoms with Crippen LogP contribution < -0.4 is 5.32 Å². The van der Waals surface area contributed by atoms with E-state index in [1.807, 2.05) is 18.2 Å². The minimum Gasteiger partial charge on any atom is -0.387 e. The van der Waals surface area contributed by atoms with Gasteiger partial charge in [0.15, 0.2) is 0 Å². The quantitative estimate of drug-likeness (QED) is 0.702. The molecule has 0 aliphatic heterocycles. The summed E-state index contributed by atoms with van der Waals surface area (Å²) in [6, 6.07) is 8.41. The smallest absolute Gasteiger partial charge is 0.0942 e. The van der Waals surface area contributed by atoms with Crippen LogP contribution in [0.3, 0.4) is 0 Å². The third-order valence-corrected chi connectivity index (χ3v) is 3.31. The highest BCUT2D eigenvalue weighted by atomic mass is 16.3. The topological polar surface area (TPSA) is 32.3 Å². The number of nitrogens with one attached hydrogen (secondary N) is 1. The lowest BCUT2D eigenvalue weighted by Crippen LogP contribution is -2.34. The van der Waals surface area contributed by atoms with E-state index in [-0.39, 0.29) is 6.04 Å². The minimum atomic E-state index is -0.460. The number of aliphatic hydroxyl groups excluding tert-OH is 1. The Bertz CT molecular complexity index is 369. The second-order valence-electron chi connectivity index (χ2n) is 5.50. The first-order chi connectivity index (χ1) is 9.08. The van der Waals surface area contributed by atoms with Crippen LogP contribution in [0.2, 0.25) is 0 Å². The van der Waals surface area contributed by atoms with Gasteiger partial charge in [-0.05, 0) is 29.9 Å². The summed E-state index contributed by atoms with van der Waals surface area (Å²) in [6.45, 7) is 10.9. The molecule has 1 aromatic carbocycles. The lowest BCUT2D eigenvalue weighted by molar-refractivity contribution is 0.128. The van der Waals surface area contributed by atoms with Gasteiger partial charge in [-0.1, -0.05) is 51.1 Å². The molecule has 0 aliphatic carbocycles. The third-order valence-electron chi connectivity index (χ3n) is 3.31. The van der Waals surface area contributed by atoms with Crippen LogP contribution in [0.1, 0.15) is 44.4 Å². The van der Waals surface area contributed by atoms with Gasteiger partial charge in [0.2, 0.25) is 0 Å². The summed E-state index contributed by atoms with van der Waals surface area (Å²) >= 11 is 0. The molecule has 1 rings (SSSR count). The molecular weight excluding hydrogens is 234 g/mol. The average molecular weight is 261 g/mol. The fraction of sp³-hybridized carbons (Fsp3) is 0.529. The molecule has 2 nitrogen and oxygen atoms in total. The summed E-state index contributed by atoms with van der Waals surface area (Å²) in [5, 5.41) is 13.7. The van der Waals surface area contributed by atoms with Crippen molar-refractivity contribution in [1.82, 2.24) is 5.32 Å². The first-order valence-electron chi connectivity index (χ1n) is 7.19. The van der Waals surface area contributed by atoms with Gasteiger partial charge in [-0.15, -0.1) is 6.58 Å². The Morgan fingerprint density at radius 1 is 1.26 bits per heavy atom. The highest BCUT2D eigenvalue weighted by Gasteiger charge is 2.18. The number of benzene rings is 1. The van der Waals surface area contributed by atoms with Crippen LogP contribution >= 0.6 is 0 Å².